The van der Waals surface area contributed by atoms with Gasteiger partial charge in [-0.1, -0.05) is 285 Å². The zero-order valence-electron chi connectivity index (χ0n) is 43.9. The molecule has 380 valence electrons. The van der Waals surface area contributed by atoms with Crippen LogP contribution < -0.4 is 0 Å². The number of hydrogen-bond donors (Lipinski definition) is 0. The molecular weight excluding hydrogens is 793 g/mol. The van der Waals surface area contributed by atoms with Crippen molar-refractivity contribution in [1.29, 1.82) is 0 Å². The number of unbranched alkanes of at least 4 members (excludes halogenated alkanes) is 36. The van der Waals surface area contributed by atoms with Gasteiger partial charge in [-0.15, -0.1) is 0 Å². The Morgan fingerprint density at radius 3 is 0.891 bits per heavy atom. The maximum atomic E-state index is 12.8. The Morgan fingerprint density at radius 2 is 0.594 bits per heavy atom. The first-order valence-corrected chi connectivity index (χ1v) is 28.8. The van der Waals surface area contributed by atoms with Crippen molar-refractivity contribution in [3.05, 3.63) is 0 Å². The largest absolute Gasteiger partial charge is 0.462 e. The Hall–Kier alpha value is -1.59. The van der Waals surface area contributed by atoms with Crippen molar-refractivity contribution < 1.29 is 28.6 Å². The van der Waals surface area contributed by atoms with Gasteiger partial charge in [-0.25, -0.2) is 0 Å². The molecule has 0 saturated heterocycles. The highest BCUT2D eigenvalue weighted by molar-refractivity contribution is 5.71. The summed E-state index contributed by atoms with van der Waals surface area (Å²) in [6.45, 7) is 11.4. The summed E-state index contributed by atoms with van der Waals surface area (Å²) in [6.07, 6.45) is 53.7. The number of esters is 3. The average molecular weight is 906 g/mol. The van der Waals surface area contributed by atoms with Crippen molar-refractivity contribution in [2.75, 3.05) is 13.2 Å². The van der Waals surface area contributed by atoms with Crippen LogP contribution in [0.25, 0.3) is 0 Å². The van der Waals surface area contributed by atoms with E-state index in [1.165, 1.54) is 212 Å². The van der Waals surface area contributed by atoms with Gasteiger partial charge in [0, 0.05) is 19.3 Å². The zero-order chi connectivity index (χ0) is 46.8. The van der Waals surface area contributed by atoms with E-state index in [0.717, 1.165) is 69.6 Å². The van der Waals surface area contributed by atoms with E-state index in [1.807, 2.05) is 0 Å². The fourth-order valence-electron chi connectivity index (χ4n) is 8.84. The quantitative estimate of drug-likeness (QED) is 0.0344. The molecule has 1 unspecified atom stereocenters. The molecular formula is C58H112O6. The minimum Gasteiger partial charge on any atom is -0.462 e. The van der Waals surface area contributed by atoms with Crippen LogP contribution in [-0.4, -0.2) is 37.2 Å². The lowest BCUT2D eigenvalue weighted by atomic mass is 9.99. The second kappa shape index (κ2) is 50.8. The third-order valence-corrected chi connectivity index (χ3v) is 13.6. The van der Waals surface area contributed by atoms with E-state index in [9.17, 15) is 14.4 Å². The molecule has 64 heavy (non-hydrogen) atoms. The third kappa shape index (κ3) is 49.8. The fraction of sp³-hybridized carbons (Fsp3) is 0.948. The van der Waals surface area contributed by atoms with Crippen molar-refractivity contribution >= 4 is 17.9 Å². The smallest absolute Gasteiger partial charge is 0.306 e. The highest BCUT2D eigenvalue weighted by Gasteiger charge is 2.19. The van der Waals surface area contributed by atoms with Gasteiger partial charge in [0.1, 0.15) is 13.2 Å². The Kier molecular flexibility index (Phi) is 49.6. The van der Waals surface area contributed by atoms with Crippen LogP contribution in [0.15, 0.2) is 0 Å². The Labute approximate surface area is 399 Å². The highest BCUT2D eigenvalue weighted by atomic mass is 16.6. The number of carbonyl (C=O) groups is 3. The Balaban J connectivity index is 4.27. The van der Waals surface area contributed by atoms with E-state index in [0.29, 0.717) is 19.3 Å². The first-order chi connectivity index (χ1) is 31.3. The van der Waals surface area contributed by atoms with E-state index in [-0.39, 0.29) is 31.1 Å². The summed E-state index contributed by atoms with van der Waals surface area (Å²) in [5.41, 5.74) is 0. The van der Waals surface area contributed by atoms with E-state index >= 15 is 0 Å². The van der Waals surface area contributed by atoms with Crippen LogP contribution in [0.2, 0.25) is 0 Å². The van der Waals surface area contributed by atoms with Crippen molar-refractivity contribution in [3.63, 3.8) is 0 Å². The van der Waals surface area contributed by atoms with Gasteiger partial charge >= 0.3 is 17.9 Å². The molecule has 0 aliphatic rings. The maximum absolute atomic E-state index is 12.8. The molecule has 0 radical (unpaired) electrons. The average Bonchev–Trinajstić information content (AvgIpc) is 3.28. The zero-order valence-corrected chi connectivity index (χ0v) is 43.9. The van der Waals surface area contributed by atoms with Gasteiger partial charge in [0.2, 0.25) is 0 Å². The lowest BCUT2D eigenvalue weighted by Gasteiger charge is -2.18. The summed E-state index contributed by atoms with van der Waals surface area (Å²) in [7, 11) is 0. The molecule has 0 aliphatic carbocycles. The van der Waals surface area contributed by atoms with Crippen molar-refractivity contribution in [2.24, 2.45) is 11.8 Å². The monoisotopic (exact) mass is 905 g/mol. The van der Waals surface area contributed by atoms with Gasteiger partial charge < -0.3 is 14.2 Å². The van der Waals surface area contributed by atoms with Gasteiger partial charge in [0.05, 0.1) is 0 Å². The molecule has 0 rings (SSSR count). The van der Waals surface area contributed by atoms with Gasteiger partial charge in [0.15, 0.2) is 6.10 Å². The fourth-order valence-corrected chi connectivity index (χ4v) is 8.84. The second-order valence-corrected chi connectivity index (χ2v) is 20.6. The van der Waals surface area contributed by atoms with Crippen LogP contribution in [0.1, 0.15) is 324 Å². The molecule has 0 aliphatic heterocycles. The van der Waals surface area contributed by atoms with Crippen molar-refractivity contribution in [1.82, 2.24) is 0 Å². The predicted octanol–water partition coefficient (Wildman–Crippen LogP) is 18.9. The van der Waals surface area contributed by atoms with Crippen molar-refractivity contribution in [2.45, 2.75) is 330 Å². The summed E-state index contributed by atoms with van der Waals surface area (Å²) in [4.78, 5) is 38.1. The van der Waals surface area contributed by atoms with Gasteiger partial charge in [-0.2, -0.15) is 0 Å². The Morgan fingerprint density at radius 1 is 0.328 bits per heavy atom. The number of rotatable bonds is 52. The minimum absolute atomic E-state index is 0.0631. The van der Waals surface area contributed by atoms with E-state index in [2.05, 4.69) is 34.6 Å². The molecule has 0 aromatic heterocycles. The van der Waals surface area contributed by atoms with E-state index in [4.69, 9.17) is 14.2 Å². The van der Waals surface area contributed by atoms with Crippen molar-refractivity contribution in [3.8, 4) is 0 Å². The molecule has 0 bridgehead atoms. The second-order valence-electron chi connectivity index (χ2n) is 20.6. The molecule has 0 saturated carbocycles. The summed E-state index contributed by atoms with van der Waals surface area (Å²) >= 11 is 0. The minimum atomic E-state index is -0.763. The first kappa shape index (κ1) is 62.4. The normalized spacial score (nSPS) is 12.5. The third-order valence-electron chi connectivity index (χ3n) is 13.6. The summed E-state index contributed by atoms with van der Waals surface area (Å²) in [5.74, 6) is 0.860. The standard InChI is InChI=1S/C58H112O6/c1-6-8-9-10-11-12-13-14-15-16-20-23-28-33-38-43-48-56(59)62-51-55(64-58(61)50-45-40-35-30-25-26-31-36-41-46-53(3)4)52-63-57(60)49-44-39-34-29-24-21-18-17-19-22-27-32-37-42-47-54(5)7-2/h53-55H,6-52H2,1-5H3/t54?,55-/m0/s1. The number of hydrogen-bond acceptors (Lipinski definition) is 6. The molecule has 0 amide bonds. The molecule has 0 fully saturated rings. The highest BCUT2D eigenvalue weighted by Crippen LogP contribution is 2.18. The molecule has 0 N–H and O–H groups in total. The van der Waals surface area contributed by atoms with E-state index in [1.54, 1.807) is 0 Å². The van der Waals surface area contributed by atoms with Gasteiger partial charge in [-0.3, -0.25) is 14.4 Å². The lowest BCUT2D eigenvalue weighted by molar-refractivity contribution is -0.167. The van der Waals surface area contributed by atoms with Gasteiger partial charge in [-0.05, 0) is 31.1 Å². The molecule has 6 nitrogen and oxygen atoms in total. The lowest BCUT2D eigenvalue weighted by Crippen LogP contribution is -2.30. The number of ether oxygens (including phenoxy) is 3. The molecule has 0 heterocycles. The van der Waals surface area contributed by atoms with Crippen LogP contribution in [0.5, 0.6) is 0 Å². The first-order valence-electron chi connectivity index (χ1n) is 28.8. The summed E-state index contributed by atoms with van der Waals surface area (Å²) < 4.78 is 16.9. The Bertz CT molecular complexity index is 980. The van der Waals surface area contributed by atoms with Crippen LogP contribution in [0.3, 0.4) is 0 Å². The molecule has 0 spiro atoms. The van der Waals surface area contributed by atoms with Gasteiger partial charge in [0.25, 0.3) is 0 Å². The summed E-state index contributed by atoms with van der Waals surface area (Å²) in [6, 6.07) is 0. The van der Waals surface area contributed by atoms with Crippen LogP contribution >= 0.6 is 0 Å². The topological polar surface area (TPSA) is 78.9 Å². The predicted molar refractivity (Wildman–Crippen MR) is 275 cm³/mol. The molecule has 0 aromatic carbocycles. The SMILES string of the molecule is CCCCCCCCCCCCCCCCCCC(=O)OC[C@@H](COC(=O)CCCCCCCCCCCCCCCCC(C)CC)OC(=O)CCCCCCCCCCCC(C)C. The summed E-state index contributed by atoms with van der Waals surface area (Å²) in [5, 5.41) is 0. The van der Waals surface area contributed by atoms with E-state index < -0.39 is 6.10 Å². The van der Waals surface area contributed by atoms with Crippen LogP contribution in [0, 0.1) is 11.8 Å². The van der Waals surface area contributed by atoms with Crippen LogP contribution in [-0.2, 0) is 28.6 Å². The van der Waals surface area contributed by atoms with Crippen LogP contribution in [0.4, 0.5) is 0 Å². The number of carbonyl (C=O) groups excluding carboxylic acids is 3. The molecule has 0 aromatic rings. The molecule has 2 atom stereocenters. The maximum Gasteiger partial charge on any atom is 0.306 e. The molecule has 6 heteroatoms.